The molecule has 0 unspecified atom stereocenters. The van der Waals surface area contributed by atoms with Crippen molar-refractivity contribution in [3.8, 4) is 0 Å². The van der Waals surface area contributed by atoms with Gasteiger partial charge in [0, 0.05) is 32.3 Å². The zero-order chi connectivity index (χ0) is 23.0. The topological polar surface area (TPSA) is 0 Å². The molecule has 29 heavy (non-hydrogen) atoms. The number of hydrogen-bond donors (Lipinski definition) is 0. The van der Waals surface area contributed by atoms with Crippen LogP contribution < -0.4 is 0 Å². The summed E-state index contributed by atoms with van der Waals surface area (Å²) in [5, 5.41) is 0. The van der Waals surface area contributed by atoms with Gasteiger partial charge in [0.05, 0.1) is 8.07 Å². The van der Waals surface area contributed by atoms with Crippen LogP contribution in [0.4, 0.5) is 0 Å². The number of hydrogen-bond acceptors (Lipinski definition) is 0. The van der Waals surface area contributed by atoms with Crippen molar-refractivity contribution < 1.29 is 0 Å². The lowest BCUT2D eigenvalue weighted by molar-refractivity contribution is 0.863. The monoisotopic (exact) mass is 488 g/mol. The van der Waals surface area contributed by atoms with Crippen LogP contribution in [-0.4, -0.2) is 40.4 Å². The minimum absolute atomic E-state index is 0.898. The standard InChI is InChI=1S/C24H60Si5/c1-25(2,3)17-13-21-29(22-14-18-26(4,5)6,23-15-19-27(7,8)9)24-16-20-28(10,11)12/h13-24H2,1-12H3. The van der Waals surface area contributed by atoms with Crippen LogP contribution in [0, 0.1) is 0 Å². The maximum Gasteiger partial charge on any atom is 0.0535 e. The SMILES string of the molecule is C[Si](C)(C)CCC[Si](CCC[Si](C)(C)C)(CCC[Si](C)(C)C)CCC[Si](C)(C)C. The zero-order valence-electron chi connectivity index (χ0n) is 23.0. The van der Waals surface area contributed by atoms with Crippen LogP contribution in [0.2, 0.25) is 127 Å². The molecule has 0 amide bonds. The van der Waals surface area contributed by atoms with E-state index in [-0.39, 0.29) is 0 Å². The normalized spacial score (nSPS) is 14.5. The molecule has 0 nitrogen and oxygen atoms in total. The minimum Gasteiger partial charge on any atom is -0.0695 e. The Morgan fingerprint density at radius 2 is 0.448 bits per heavy atom. The van der Waals surface area contributed by atoms with Gasteiger partial charge in [0.25, 0.3) is 0 Å². The Hall–Kier alpha value is 1.08. The van der Waals surface area contributed by atoms with Gasteiger partial charge in [-0.2, -0.15) is 0 Å². The molecule has 0 aliphatic rings. The third-order valence-corrected chi connectivity index (χ3v) is 19.6. The molecule has 176 valence electrons. The van der Waals surface area contributed by atoms with Crippen LogP contribution in [0.25, 0.3) is 0 Å². The summed E-state index contributed by atoms with van der Waals surface area (Å²) in [4.78, 5) is 0. The van der Waals surface area contributed by atoms with Crippen molar-refractivity contribution in [3.05, 3.63) is 0 Å². The maximum atomic E-state index is 2.58. The van der Waals surface area contributed by atoms with Gasteiger partial charge in [-0.3, -0.25) is 0 Å². The Kier molecular flexibility index (Phi) is 12.8. The van der Waals surface area contributed by atoms with E-state index >= 15 is 0 Å². The first-order valence-electron chi connectivity index (χ1n) is 12.8. The van der Waals surface area contributed by atoms with Crippen molar-refractivity contribution in [2.45, 2.75) is 153 Å². The molecule has 0 saturated heterocycles. The van der Waals surface area contributed by atoms with Crippen molar-refractivity contribution in [1.29, 1.82) is 0 Å². The first-order valence-corrected chi connectivity index (χ1v) is 30.5. The summed E-state index contributed by atoms with van der Waals surface area (Å²) in [6, 6.07) is 12.9. The lowest BCUT2D eigenvalue weighted by Crippen LogP contribution is -2.36. The van der Waals surface area contributed by atoms with Crippen LogP contribution in [0.5, 0.6) is 0 Å². The number of rotatable bonds is 16. The maximum absolute atomic E-state index is 2.58. The Labute approximate surface area is 192 Å². The Morgan fingerprint density at radius 1 is 0.276 bits per heavy atom. The zero-order valence-corrected chi connectivity index (χ0v) is 28.0. The van der Waals surface area contributed by atoms with E-state index in [9.17, 15) is 0 Å². The summed E-state index contributed by atoms with van der Waals surface area (Å²) >= 11 is 0. The van der Waals surface area contributed by atoms with Crippen molar-refractivity contribution >= 4 is 40.4 Å². The fourth-order valence-electron chi connectivity index (χ4n) is 4.72. The van der Waals surface area contributed by atoms with E-state index in [1.54, 1.807) is 74.0 Å². The van der Waals surface area contributed by atoms with E-state index < -0.39 is 40.4 Å². The van der Waals surface area contributed by atoms with Crippen molar-refractivity contribution in [1.82, 2.24) is 0 Å². The molecule has 0 fully saturated rings. The lowest BCUT2D eigenvalue weighted by atomic mass is 10.5. The molecule has 0 aromatic heterocycles. The molecule has 0 radical (unpaired) electrons. The quantitative estimate of drug-likeness (QED) is 0.189. The molecule has 0 aromatic rings. The highest BCUT2D eigenvalue weighted by Gasteiger charge is 2.33. The molecule has 0 saturated carbocycles. The molecule has 0 bridgehead atoms. The molecular weight excluding hydrogens is 429 g/mol. The predicted octanol–water partition coefficient (Wildman–Crippen LogP) is 10.3. The Morgan fingerprint density at radius 3 is 0.586 bits per heavy atom. The molecule has 0 rings (SSSR count). The van der Waals surface area contributed by atoms with Gasteiger partial charge in [-0.05, 0) is 0 Å². The Balaban J connectivity index is 5.26. The highest BCUT2D eigenvalue weighted by molar-refractivity contribution is 6.81. The fraction of sp³-hybridized carbons (Fsp3) is 1.00. The molecule has 0 atom stereocenters. The van der Waals surface area contributed by atoms with E-state index in [4.69, 9.17) is 0 Å². The summed E-state index contributed by atoms with van der Waals surface area (Å²) in [5.41, 5.74) is 0. The molecule has 0 heterocycles. The summed E-state index contributed by atoms with van der Waals surface area (Å²) in [5.74, 6) is 0. The highest BCUT2D eigenvalue weighted by atomic mass is 28.3. The molecule has 0 aromatic carbocycles. The van der Waals surface area contributed by atoms with E-state index in [0.717, 1.165) is 0 Å². The first kappa shape index (κ1) is 30.1. The van der Waals surface area contributed by atoms with Crippen LogP contribution in [0.15, 0.2) is 0 Å². The van der Waals surface area contributed by atoms with Gasteiger partial charge < -0.3 is 0 Å². The molecule has 5 heteroatoms. The lowest BCUT2D eigenvalue weighted by Gasteiger charge is -2.35. The van der Waals surface area contributed by atoms with Gasteiger partial charge in [0.1, 0.15) is 0 Å². The van der Waals surface area contributed by atoms with Crippen molar-refractivity contribution in [2.24, 2.45) is 0 Å². The third-order valence-electron chi connectivity index (χ3n) is 6.54. The van der Waals surface area contributed by atoms with Crippen LogP contribution in [0.1, 0.15) is 25.7 Å². The second kappa shape index (κ2) is 12.4. The molecule has 0 aliphatic carbocycles. The van der Waals surface area contributed by atoms with Crippen LogP contribution in [0.3, 0.4) is 0 Å². The fourth-order valence-corrected chi connectivity index (χ4v) is 16.3. The molecule has 0 spiro atoms. The minimum atomic E-state index is -1.11. The van der Waals surface area contributed by atoms with Gasteiger partial charge in [-0.25, -0.2) is 0 Å². The predicted molar refractivity (Wildman–Crippen MR) is 156 cm³/mol. The largest absolute Gasteiger partial charge is 0.0695 e. The van der Waals surface area contributed by atoms with Gasteiger partial charge in [-0.15, -0.1) is 0 Å². The second-order valence-corrected chi connectivity index (χ2v) is 42.6. The summed E-state index contributed by atoms with van der Waals surface area (Å²) < 4.78 is 0. The third kappa shape index (κ3) is 19.5. The highest BCUT2D eigenvalue weighted by Crippen LogP contribution is 2.37. The van der Waals surface area contributed by atoms with E-state index in [1.807, 2.05) is 0 Å². The van der Waals surface area contributed by atoms with E-state index in [1.165, 1.54) is 0 Å². The van der Waals surface area contributed by atoms with E-state index in [2.05, 4.69) is 78.6 Å². The smallest absolute Gasteiger partial charge is 0.0535 e. The van der Waals surface area contributed by atoms with Crippen LogP contribution in [-0.2, 0) is 0 Å². The van der Waals surface area contributed by atoms with Crippen molar-refractivity contribution in [2.75, 3.05) is 0 Å². The van der Waals surface area contributed by atoms with Gasteiger partial charge >= 0.3 is 0 Å². The van der Waals surface area contributed by atoms with E-state index in [0.29, 0.717) is 0 Å². The molecule has 0 aliphatic heterocycles. The van der Waals surface area contributed by atoms with Crippen LogP contribution >= 0.6 is 0 Å². The average Bonchev–Trinajstić information content (AvgIpc) is 2.41. The summed E-state index contributed by atoms with van der Waals surface area (Å²) in [6.07, 6.45) is 6.26. The summed E-state index contributed by atoms with van der Waals surface area (Å²) in [6.45, 7) is 31.0. The van der Waals surface area contributed by atoms with Crippen molar-refractivity contribution in [3.63, 3.8) is 0 Å². The van der Waals surface area contributed by atoms with Gasteiger partial charge in [-0.1, -0.05) is 153 Å². The molecular formula is C24H60Si5. The average molecular weight is 489 g/mol. The summed E-state index contributed by atoms with van der Waals surface area (Å²) in [7, 11) is -4.70. The molecule has 0 N–H and O–H groups in total. The first-order chi connectivity index (χ1) is 12.8. The second-order valence-electron chi connectivity index (χ2n) is 15.2. The van der Waals surface area contributed by atoms with Gasteiger partial charge in [0.15, 0.2) is 0 Å². The Bertz CT molecular complexity index is 347. The van der Waals surface area contributed by atoms with Gasteiger partial charge in [0.2, 0.25) is 0 Å².